The number of pyridine rings is 1. The second kappa shape index (κ2) is 10.7. The molecule has 2 aromatic rings. The first kappa shape index (κ1) is 28.7. The van der Waals surface area contributed by atoms with Crippen molar-refractivity contribution in [2.45, 2.75) is 50.6 Å². The molecular formula is C26H29F5N4O4. The first-order chi connectivity index (χ1) is 18.3. The topological polar surface area (TPSA) is 92.8 Å². The fraction of sp³-hybridized carbons (Fsp3) is 0.500. The van der Waals surface area contributed by atoms with Crippen LogP contribution in [0.3, 0.4) is 0 Å². The summed E-state index contributed by atoms with van der Waals surface area (Å²) in [5.74, 6) is -7.33. The zero-order chi connectivity index (χ0) is 28.7. The number of alkyl halides is 3. The summed E-state index contributed by atoms with van der Waals surface area (Å²) in [6.07, 6.45) is -5.35. The van der Waals surface area contributed by atoms with Crippen LogP contribution in [0.15, 0.2) is 30.5 Å². The Labute approximate surface area is 221 Å². The van der Waals surface area contributed by atoms with Gasteiger partial charge in [-0.15, -0.1) is 0 Å². The van der Waals surface area contributed by atoms with Crippen molar-refractivity contribution in [3.05, 3.63) is 53.4 Å². The number of aromatic nitrogens is 1. The zero-order valence-electron chi connectivity index (χ0n) is 21.7. The number of piperazine rings is 1. The molecule has 0 bridgehead atoms. The quantitative estimate of drug-likeness (QED) is 0.544. The molecule has 4 rings (SSSR count). The number of nitrogens with zero attached hydrogens (tertiary/aromatic N) is 2. The summed E-state index contributed by atoms with van der Waals surface area (Å²) in [5, 5.41) is 5.68. The Morgan fingerprint density at radius 1 is 1.23 bits per heavy atom. The van der Waals surface area contributed by atoms with Gasteiger partial charge in [-0.05, 0) is 32.0 Å². The van der Waals surface area contributed by atoms with E-state index in [1.807, 2.05) is 6.92 Å². The van der Waals surface area contributed by atoms with Crippen molar-refractivity contribution in [3.63, 3.8) is 0 Å². The molecule has 0 spiro atoms. The monoisotopic (exact) mass is 556 g/mol. The van der Waals surface area contributed by atoms with E-state index < -0.39 is 53.0 Å². The Bertz CT molecular complexity index is 1260. The molecule has 2 aliphatic heterocycles. The van der Waals surface area contributed by atoms with Crippen LogP contribution in [0.5, 0.6) is 5.75 Å². The minimum Gasteiger partial charge on any atom is -0.493 e. The van der Waals surface area contributed by atoms with E-state index in [2.05, 4.69) is 15.6 Å². The largest absolute Gasteiger partial charge is 0.493 e. The number of rotatable bonds is 5. The molecule has 2 saturated heterocycles. The van der Waals surface area contributed by atoms with Crippen molar-refractivity contribution >= 4 is 17.5 Å². The maximum Gasteiger partial charge on any atom is 0.417 e. The number of ether oxygens (including phenoxy) is 2. The lowest BCUT2D eigenvalue weighted by Crippen LogP contribution is -2.52. The molecule has 2 N–H and O–H groups in total. The van der Waals surface area contributed by atoms with Crippen LogP contribution in [0.25, 0.3) is 0 Å². The van der Waals surface area contributed by atoms with E-state index in [0.29, 0.717) is 19.6 Å². The molecule has 2 fully saturated rings. The smallest absolute Gasteiger partial charge is 0.417 e. The predicted octanol–water partition coefficient (Wildman–Crippen LogP) is 3.88. The van der Waals surface area contributed by atoms with Crippen LogP contribution in [0, 0.1) is 17.6 Å². The lowest BCUT2D eigenvalue weighted by molar-refractivity contribution is -0.272. The summed E-state index contributed by atoms with van der Waals surface area (Å²) in [4.78, 5) is 32.1. The summed E-state index contributed by atoms with van der Waals surface area (Å²) < 4.78 is 81.2. The van der Waals surface area contributed by atoms with Gasteiger partial charge >= 0.3 is 6.18 Å². The molecule has 8 nitrogen and oxygen atoms in total. The first-order valence-corrected chi connectivity index (χ1v) is 12.3. The number of anilines is 1. The molecule has 0 unspecified atom stereocenters. The van der Waals surface area contributed by atoms with Crippen molar-refractivity contribution in [2.75, 3.05) is 32.1 Å². The van der Waals surface area contributed by atoms with E-state index in [0.717, 1.165) is 26.2 Å². The number of nitrogens with one attached hydrogen (secondary N) is 2. The van der Waals surface area contributed by atoms with Gasteiger partial charge in [0.1, 0.15) is 11.8 Å². The van der Waals surface area contributed by atoms with Gasteiger partial charge in [0.2, 0.25) is 5.82 Å². The number of hydrogen-bond donors (Lipinski definition) is 2. The highest BCUT2D eigenvalue weighted by Gasteiger charge is 2.66. The summed E-state index contributed by atoms with van der Waals surface area (Å²) >= 11 is 0. The maximum atomic E-state index is 14.5. The average Bonchev–Trinajstić information content (AvgIpc) is 3.17. The van der Waals surface area contributed by atoms with E-state index in [1.165, 1.54) is 25.3 Å². The lowest BCUT2D eigenvalue weighted by atomic mass is 9.77. The van der Waals surface area contributed by atoms with Crippen molar-refractivity contribution in [1.82, 2.24) is 15.2 Å². The number of hydrogen-bond acceptors (Lipinski definition) is 6. The zero-order valence-corrected chi connectivity index (χ0v) is 21.7. The third kappa shape index (κ3) is 5.17. The molecule has 2 aliphatic rings. The molecule has 1 aromatic carbocycles. The molecule has 39 heavy (non-hydrogen) atoms. The second-order valence-electron chi connectivity index (χ2n) is 9.91. The van der Waals surface area contributed by atoms with Crippen molar-refractivity contribution in [3.8, 4) is 5.75 Å². The molecule has 0 aliphatic carbocycles. The highest BCUT2D eigenvalue weighted by molar-refractivity contribution is 5.98. The number of methoxy groups -OCH3 is 1. The van der Waals surface area contributed by atoms with E-state index >= 15 is 0 Å². The Kier molecular flexibility index (Phi) is 7.86. The first-order valence-electron chi connectivity index (χ1n) is 12.3. The normalized spacial score (nSPS) is 27.4. The Balaban J connectivity index is 1.67. The van der Waals surface area contributed by atoms with Crippen LogP contribution in [0.2, 0.25) is 0 Å². The van der Waals surface area contributed by atoms with Gasteiger partial charge in [0.15, 0.2) is 17.2 Å². The Morgan fingerprint density at radius 3 is 2.59 bits per heavy atom. The average molecular weight is 557 g/mol. The van der Waals surface area contributed by atoms with Crippen LogP contribution in [-0.2, 0) is 9.53 Å². The summed E-state index contributed by atoms with van der Waals surface area (Å²) in [6, 6.07) is 4.46. The Morgan fingerprint density at radius 2 is 1.95 bits per heavy atom. The third-order valence-corrected chi connectivity index (χ3v) is 7.58. The molecule has 0 saturated carbocycles. The van der Waals surface area contributed by atoms with Gasteiger partial charge in [-0.1, -0.05) is 13.0 Å². The van der Waals surface area contributed by atoms with Crippen molar-refractivity contribution in [2.24, 2.45) is 5.92 Å². The van der Waals surface area contributed by atoms with Gasteiger partial charge in [-0.2, -0.15) is 17.6 Å². The van der Waals surface area contributed by atoms with Gasteiger partial charge < -0.3 is 25.0 Å². The number of halogens is 5. The Hall–Kier alpha value is -3.32. The van der Waals surface area contributed by atoms with Gasteiger partial charge in [0, 0.05) is 55.0 Å². The number of amides is 2. The summed E-state index contributed by atoms with van der Waals surface area (Å²) in [6.45, 7) is 5.58. The molecule has 2 amide bonds. The van der Waals surface area contributed by atoms with Crippen LogP contribution in [-0.4, -0.2) is 72.4 Å². The fourth-order valence-electron chi connectivity index (χ4n) is 5.17. The number of carbonyl (C=O) groups excluding carboxylic acids is 2. The summed E-state index contributed by atoms with van der Waals surface area (Å²) in [7, 11) is 1.05. The maximum absolute atomic E-state index is 14.5. The van der Waals surface area contributed by atoms with E-state index in [1.54, 1.807) is 4.90 Å². The van der Waals surface area contributed by atoms with E-state index in [-0.39, 0.29) is 28.9 Å². The van der Waals surface area contributed by atoms with Crippen LogP contribution in [0.1, 0.15) is 42.7 Å². The SMILES string of the molecule is COc1c([C@H]2[C@H](C(=O)Nc3ccnc(C(=O)N4CCNC[C@@H]4C)c3)O[C@@](C)(C(F)(F)F)[C@H]2C)ccc(F)c1F. The van der Waals surface area contributed by atoms with Gasteiger partial charge in [-0.3, -0.25) is 14.6 Å². The van der Waals surface area contributed by atoms with Crippen LogP contribution < -0.4 is 15.4 Å². The molecule has 1 aromatic heterocycles. The third-order valence-electron chi connectivity index (χ3n) is 7.58. The lowest BCUT2D eigenvalue weighted by Gasteiger charge is -2.33. The molecule has 5 atom stereocenters. The molecule has 3 heterocycles. The summed E-state index contributed by atoms with van der Waals surface area (Å²) in [5.41, 5.74) is -2.78. The molecular weight excluding hydrogens is 527 g/mol. The highest BCUT2D eigenvalue weighted by Crippen LogP contribution is 2.55. The molecule has 0 radical (unpaired) electrons. The minimum atomic E-state index is -4.89. The van der Waals surface area contributed by atoms with E-state index in [9.17, 15) is 31.5 Å². The van der Waals surface area contributed by atoms with Gasteiger partial charge in [0.05, 0.1) is 7.11 Å². The van der Waals surface area contributed by atoms with Gasteiger partial charge in [0.25, 0.3) is 11.8 Å². The van der Waals surface area contributed by atoms with Crippen LogP contribution >= 0.6 is 0 Å². The number of carbonyl (C=O) groups is 2. The standard InChI is InChI=1S/C26H29F5N4O4/c1-13-12-32-9-10-35(13)24(37)18-11-15(7-8-33-18)34-23(36)22-19(14(2)25(3,39-22)26(29,30)31)16-5-6-17(27)20(28)21(16)38-4/h5-8,11,13-14,19,22,32H,9-10,12H2,1-4H3,(H,33,34,36)/t13-,14-,19-,22+,25+/m0/s1. The second-order valence-corrected chi connectivity index (χ2v) is 9.91. The molecule has 212 valence electrons. The minimum absolute atomic E-state index is 0.0428. The predicted molar refractivity (Wildman–Crippen MR) is 130 cm³/mol. The van der Waals surface area contributed by atoms with E-state index in [4.69, 9.17) is 9.47 Å². The fourth-order valence-corrected chi connectivity index (χ4v) is 5.17. The highest BCUT2D eigenvalue weighted by atomic mass is 19.4. The molecule has 13 heteroatoms. The van der Waals surface area contributed by atoms with Gasteiger partial charge in [-0.25, -0.2) is 4.39 Å². The number of benzene rings is 1. The van der Waals surface area contributed by atoms with Crippen molar-refractivity contribution < 1.29 is 41.0 Å². The van der Waals surface area contributed by atoms with Crippen LogP contribution in [0.4, 0.5) is 27.6 Å². The van der Waals surface area contributed by atoms with Crippen molar-refractivity contribution in [1.29, 1.82) is 0 Å².